The molecule has 0 spiro atoms. The monoisotopic (exact) mass is 377 g/mol. The van der Waals surface area contributed by atoms with Gasteiger partial charge in [-0.05, 0) is 30.9 Å². The number of pyridine rings is 1. The standard InChI is InChI=1S/C16H15N3O4S2/c1-9-14-11(13-3-2-5-24-13)7-12(16(20)21)17-15(14)19(18-9)10-4-6-25(22,23)8-10/h2-3,5,7,10H,4,6,8H2,1H3,(H,20,21). The van der Waals surface area contributed by atoms with Gasteiger partial charge in [-0.2, -0.15) is 5.10 Å². The summed E-state index contributed by atoms with van der Waals surface area (Å²) >= 11 is 1.51. The van der Waals surface area contributed by atoms with Gasteiger partial charge in [0, 0.05) is 10.4 Å². The Labute approximate surface area is 147 Å². The third-order valence-corrected chi connectivity index (χ3v) is 7.05. The minimum atomic E-state index is -3.09. The highest BCUT2D eigenvalue weighted by Gasteiger charge is 2.32. The Morgan fingerprint density at radius 2 is 2.24 bits per heavy atom. The maximum absolute atomic E-state index is 11.8. The van der Waals surface area contributed by atoms with Gasteiger partial charge in [0.25, 0.3) is 0 Å². The van der Waals surface area contributed by atoms with E-state index in [-0.39, 0.29) is 23.2 Å². The maximum Gasteiger partial charge on any atom is 0.354 e. The Morgan fingerprint density at radius 3 is 2.84 bits per heavy atom. The van der Waals surface area contributed by atoms with E-state index in [1.807, 2.05) is 24.4 Å². The van der Waals surface area contributed by atoms with Crippen molar-refractivity contribution in [3.05, 3.63) is 35.0 Å². The number of rotatable bonds is 3. The van der Waals surface area contributed by atoms with Crippen LogP contribution in [0.2, 0.25) is 0 Å². The number of fused-ring (bicyclic) bond motifs is 1. The molecular formula is C16H15N3O4S2. The van der Waals surface area contributed by atoms with E-state index in [4.69, 9.17) is 0 Å². The van der Waals surface area contributed by atoms with Crippen molar-refractivity contribution in [3.63, 3.8) is 0 Å². The minimum absolute atomic E-state index is 0.0105. The molecule has 0 aromatic carbocycles. The summed E-state index contributed by atoms with van der Waals surface area (Å²) in [5.74, 6) is -0.991. The van der Waals surface area contributed by atoms with Crippen LogP contribution in [0.25, 0.3) is 21.5 Å². The molecule has 25 heavy (non-hydrogen) atoms. The lowest BCUT2D eigenvalue weighted by Gasteiger charge is -2.10. The third-order valence-electron chi connectivity index (χ3n) is 4.40. The highest BCUT2D eigenvalue weighted by molar-refractivity contribution is 7.91. The van der Waals surface area contributed by atoms with Crippen LogP contribution in [0.5, 0.6) is 0 Å². The number of thiophene rings is 1. The molecule has 9 heteroatoms. The fraction of sp³-hybridized carbons (Fsp3) is 0.312. The van der Waals surface area contributed by atoms with Crippen molar-refractivity contribution in [2.45, 2.75) is 19.4 Å². The van der Waals surface area contributed by atoms with Crippen LogP contribution in [-0.2, 0) is 9.84 Å². The van der Waals surface area contributed by atoms with Crippen LogP contribution < -0.4 is 0 Å². The molecular weight excluding hydrogens is 362 g/mol. The first kappa shape index (κ1) is 16.2. The normalized spacial score (nSPS) is 19.5. The molecule has 1 aliphatic rings. The van der Waals surface area contributed by atoms with Gasteiger partial charge < -0.3 is 5.11 Å². The summed E-state index contributed by atoms with van der Waals surface area (Å²) in [5, 5.41) is 16.6. The summed E-state index contributed by atoms with van der Waals surface area (Å²) in [7, 11) is -3.09. The van der Waals surface area contributed by atoms with Crippen LogP contribution in [0, 0.1) is 6.92 Å². The van der Waals surface area contributed by atoms with Crippen molar-refractivity contribution < 1.29 is 18.3 Å². The summed E-state index contributed by atoms with van der Waals surface area (Å²) < 4.78 is 25.3. The zero-order chi connectivity index (χ0) is 17.8. The van der Waals surface area contributed by atoms with Gasteiger partial charge in [0.15, 0.2) is 21.2 Å². The second-order valence-electron chi connectivity index (χ2n) is 6.12. The molecule has 1 atom stereocenters. The maximum atomic E-state index is 11.8. The van der Waals surface area contributed by atoms with Gasteiger partial charge in [0.1, 0.15) is 0 Å². The van der Waals surface area contributed by atoms with Gasteiger partial charge in [-0.25, -0.2) is 22.9 Å². The minimum Gasteiger partial charge on any atom is -0.477 e. The van der Waals surface area contributed by atoms with Crippen molar-refractivity contribution in [1.29, 1.82) is 0 Å². The van der Waals surface area contributed by atoms with Crippen molar-refractivity contribution >= 4 is 38.2 Å². The lowest BCUT2D eigenvalue weighted by Crippen LogP contribution is -2.14. The zero-order valence-corrected chi connectivity index (χ0v) is 15.0. The molecule has 4 heterocycles. The highest BCUT2D eigenvalue weighted by Crippen LogP contribution is 2.36. The molecule has 1 N–H and O–H groups in total. The van der Waals surface area contributed by atoms with Crippen LogP contribution in [-0.4, -0.2) is 45.8 Å². The Hall–Kier alpha value is -2.26. The van der Waals surface area contributed by atoms with Crippen molar-refractivity contribution in [3.8, 4) is 10.4 Å². The van der Waals surface area contributed by atoms with Gasteiger partial charge in [-0.3, -0.25) is 0 Å². The van der Waals surface area contributed by atoms with Crippen LogP contribution in [0.4, 0.5) is 0 Å². The Balaban J connectivity index is 1.99. The molecule has 4 rings (SSSR count). The number of hydrogen-bond donors (Lipinski definition) is 1. The largest absolute Gasteiger partial charge is 0.477 e. The van der Waals surface area contributed by atoms with E-state index in [2.05, 4.69) is 10.1 Å². The second kappa shape index (κ2) is 5.63. The molecule has 0 aliphatic carbocycles. The summed E-state index contributed by atoms with van der Waals surface area (Å²) in [4.78, 5) is 16.7. The van der Waals surface area contributed by atoms with Crippen molar-refractivity contribution in [2.75, 3.05) is 11.5 Å². The number of hydrogen-bond acceptors (Lipinski definition) is 6. The number of aryl methyl sites for hydroxylation is 1. The molecule has 0 amide bonds. The number of carboxylic acid groups (broad SMARTS) is 1. The molecule has 1 unspecified atom stereocenters. The van der Waals surface area contributed by atoms with Gasteiger partial charge >= 0.3 is 5.97 Å². The van der Waals surface area contributed by atoms with Gasteiger partial charge in [0.05, 0.1) is 28.6 Å². The Bertz CT molecular complexity index is 1080. The number of carbonyl (C=O) groups is 1. The molecule has 130 valence electrons. The number of aromatic nitrogens is 3. The van der Waals surface area contributed by atoms with Crippen LogP contribution in [0.1, 0.15) is 28.6 Å². The van der Waals surface area contributed by atoms with E-state index in [0.717, 1.165) is 15.8 Å². The average Bonchev–Trinajstić information content (AvgIpc) is 3.26. The quantitative estimate of drug-likeness (QED) is 0.752. The van der Waals surface area contributed by atoms with E-state index in [1.54, 1.807) is 10.7 Å². The molecule has 3 aromatic rings. The highest BCUT2D eigenvalue weighted by atomic mass is 32.2. The number of nitrogens with zero attached hydrogens (tertiary/aromatic N) is 3. The first-order chi connectivity index (χ1) is 11.9. The van der Waals surface area contributed by atoms with Crippen molar-refractivity contribution in [2.24, 2.45) is 0 Å². The molecule has 1 aliphatic heterocycles. The van der Waals surface area contributed by atoms with E-state index >= 15 is 0 Å². The van der Waals surface area contributed by atoms with E-state index < -0.39 is 15.8 Å². The van der Waals surface area contributed by atoms with E-state index in [1.165, 1.54) is 11.3 Å². The molecule has 3 aromatic heterocycles. The van der Waals surface area contributed by atoms with Crippen LogP contribution in [0.15, 0.2) is 23.6 Å². The van der Waals surface area contributed by atoms with Crippen LogP contribution >= 0.6 is 11.3 Å². The topological polar surface area (TPSA) is 102 Å². The predicted molar refractivity (Wildman–Crippen MR) is 94.8 cm³/mol. The molecule has 1 fully saturated rings. The van der Waals surface area contributed by atoms with Crippen molar-refractivity contribution in [1.82, 2.24) is 14.8 Å². The van der Waals surface area contributed by atoms with E-state index in [0.29, 0.717) is 17.8 Å². The summed E-state index contributed by atoms with van der Waals surface area (Å²) in [6.45, 7) is 1.83. The SMILES string of the molecule is Cc1nn(C2CCS(=O)(=O)C2)c2nc(C(=O)O)cc(-c3cccs3)c12. The Morgan fingerprint density at radius 1 is 1.44 bits per heavy atom. The first-order valence-corrected chi connectivity index (χ1v) is 10.4. The number of carboxylic acids is 1. The summed E-state index contributed by atoms with van der Waals surface area (Å²) in [6.07, 6.45) is 0.464. The average molecular weight is 377 g/mol. The second-order valence-corrected chi connectivity index (χ2v) is 9.30. The lowest BCUT2D eigenvalue weighted by atomic mass is 10.1. The first-order valence-electron chi connectivity index (χ1n) is 7.73. The number of aromatic carboxylic acids is 1. The molecule has 0 radical (unpaired) electrons. The summed E-state index contributed by atoms with van der Waals surface area (Å²) in [6, 6.07) is 5.06. The van der Waals surface area contributed by atoms with E-state index in [9.17, 15) is 18.3 Å². The molecule has 1 saturated heterocycles. The van der Waals surface area contributed by atoms with Gasteiger partial charge in [0.2, 0.25) is 0 Å². The van der Waals surface area contributed by atoms with Crippen LogP contribution in [0.3, 0.4) is 0 Å². The third kappa shape index (κ3) is 2.73. The number of sulfone groups is 1. The summed E-state index contributed by atoms with van der Waals surface area (Å²) in [5.41, 5.74) is 1.84. The van der Waals surface area contributed by atoms with Gasteiger partial charge in [-0.1, -0.05) is 6.07 Å². The predicted octanol–water partition coefficient (Wildman–Crippen LogP) is 2.53. The molecule has 7 nitrogen and oxygen atoms in total. The zero-order valence-electron chi connectivity index (χ0n) is 13.3. The van der Waals surface area contributed by atoms with Gasteiger partial charge in [-0.15, -0.1) is 11.3 Å². The molecule has 0 bridgehead atoms. The fourth-order valence-electron chi connectivity index (χ4n) is 3.27. The molecule has 0 saturated carbocycles. The Kier molecular flexibility index (Phi) is 3.66. The smallest absolute Gasteiger partial charge is 0.354 e. The fourth-order valence-corrected chi connectivity index (χ4v) is 5.71. The lowest BCUT2D eigenvalue weighted by molar-refractivity contribution is 0.0691.